The van der Waals surface area contributed by atoms with E-state index in [4.69, 9.17) is 4.74 Å². The van der Waals surface area contributed by atoms with Crippen LogP contribution in [-0.4, -0.2) is 12.6 Å². The molecule has 1 fully saturated rings. The molecule has 1 saturated carbocycles. The Bertz CT molecular complexity index is 633. The molecule has 2 nitrogen and oxygen atoms in total. The van der Waals surface area contributed by atoms with Gasteiger partial charge in [-0.25, -0.2) is 0 Å². The van der Waals surface area contributed by atoms with Gasteiger partial charge in [0.05, 0.1) is 6.61 Å². The summed E-state index contributed by atoms with van der Waals surface area (Å²) in [6.45, 7) is 11.4. The highest BCUT2D eigenvalue weighted by Gasteiger charge is 2.52. The monoisotopic (exact) mass is 328 g/mol. The van der Waals surface area contributed by atoms with Crippen LogP contribution >= 0.6 is 0 Å². The average molecular weight is 328 g/mol. The third-order valence-electron chi connectivity index (χ3n) is 6.77. The fourth-order valence-corrected chi connectivity index (χ4v) is 5.44. The Hall–Kier alpha value is -1.31. The van der Waals surface area contributed by atoms with Gasteiger partial charge in [-0.2, -0.15) is 0 Å². The van der Waals surface area contributed by atoms with Crippen molar-refractivity contribution in [3.63, 3.8) is 0 Å². The Morgan fingerprint density at radius 1 is 1.29 bits per heavy atom. The van der Waals surface area contributed by atoms with Crippen molar-refractivity contribution in [3.05, 3.63) is 34.9 Å². The molecule has 24 heavy (non-hydrogen) atoms. The summed E-state index contributed by atoms with van der Waals surface area (Å²) >= 11 is 0. The van der Waals surface area contributed by atoms with E-state index in [-0.39, 0.29) is 16.8 Å². The second-order valence-corrected chi connectivity index (χ2v) is 8.87. The van der Waals surface area contributed by atoms with Crippen LogP contribution in [0.1, 0.15) is 82.9 Å². The van der Waals surface area contributed by atoms with Gasteiger partial charge in [0.2, 0.25) is 0 Å². The number of carbonyl (C=O) groups is 1. The van der Waals surface area contributed by atoms with Crippen molar-refractivity contribution in [2.24, 2.45) is 11.3 Å². The van der Waals surface area contributed by atoms with Crippen molar-refractivity contribution in [2.75, 3.05) is 6.61 Å². The maximum Gasteiger partial charge on any atom is 0.302 e. The van der Waals surface area contributed by atoms with Gasteiger partial charge in [-0.15, -0.1) is 0 Å². The number of benzene rings is 1. The number of ether oxygens (including phenoxy) is 1. The fourth-order valence-electron chi connectivity index (χ4n) is 5.44. The van der Waals surface area contributed by atoms with Crippen molar-refractivity contribution in [2.45, 2.75) is 78.1 Å². The number of aryl methyl sites for hydroxylation is 1. The minimum absolute atomic E-state index is 0.104. The van der Waals surface area contributed by atoms with Gasteiger partial charge in [-0.1, -0.05) is 52.3 Å². The molecule has 132 valence electrons. The van der Waals surface area contributed by atoms with Crippen LogP contribution in [0.5, 0.6) is 0 Å². The fraction of sp³-hybridized carbons (Fsp3) is 0.682. The lowest BCUT2D eigenvalue weighted by molar-refractivity contribution is -0.148. The number of rotatable bonds is 3. The summed E-state index contributed by atoms with van der Waals surface area (Å²) in [5, 5.41) is 0. The summed E-state index contributed by atoms with van der Waals surface area (Å²) < 4.78 is 5.48. The second-order valence-electron chi connectivity index (χ2n) is 8.87. The molecule has 0 spiro atoms. The summed E-state index contributed by atoms with van der Waals surface area (Å²) in [5.74, 6) is 1.03. The Kier molecular flexibility index (Phi) is 4.53. The molecule has 1 aromatic carbocycles. The van der Waals surface area contributed by atoms with E-state index in [0.29, 0.717) is 18.4 Å². The van der Waals surface area contributed by atoms with Crippen LogP contribution in [0.25, 0.3) is 0 Å². The Morgan fingerprint density at radius 3 is 2.71 bits per heavy atom. The largest absolute Gasteiger partial charge is 0.465 e. The highest BCUT2D eigenvalue weighted by Crippen LogP contribution is 2.57. The first kappa shape index (κ1) is 17.5. The van der Waals surface area contributed by atoms with Gasteiger partial charge in [0, 0.05) is 12.3 Å². The van der Waals surface area contributed by atoms with Gasteiger partial charge in [0.15, 0.2) is 0 Å². The van der Waals surface area contributed by atoms with E-state index < -0.39 is 0 Å². The van der Waals surface area contributed by atoms with Gasteiger partial charge < -0.3 is 4.74 Å². The Labute approximate surface area is 147 Å². The predicted octanol–water partition coefficient (Wildman–Crippen LogP) is 5.38. The normalized spacial score (nSPS) is 32.2. The molecule has 0 heterocycles. The van der Waals surface area contributed by atoms with E-state index in [0.717, 1.165) is 6.42 Å². The van der Waals surface area contributed by atoms with Crippen LogP contribution in [0.15, 0.2) is 18.2 Å². The van der Waals surface area contributed by atoms with Crippen molar-refractivity contribution in [3.8, 4) is 0 Å². The number of carbonyl (C=O) groups excluding carboxylic acids is 1. The van der Waals surface area contributed by atoms with E-state index in [1.54, 1.807) is 11.1 Å². The average Bonchev–Trinajstić information content (AvgIpc) is 2.52. The van der Waals surface area contributed by atoms with Crippen molar-refractivity contribution < 1.29 is 9.53 Å². The first-order valence-corrected chi connectivity index (χ1v) is 9.53. The highest BCUT2D eigenvalue weighted by molar-refractivity contribution is 5.65. The lowest BCUT2D eigenvalue weighted by Gasteiger charge is -2.55. The summed E-state index contributed by atoms with van der Waals surface area (Å²) in [7, 11) is 0. The lowest BCUT2D eigenvalue weighted by atomic mass is 9.50. The minimum Gasteiger partial charge on any atom is -0.465 e. The number of fused-ring (bicyclic) bond motifs is 3. The molecular weight excluding hydrogens is 296 g/mol. The molecule has 0 aromatic heterocycles. The first-order chi connectivity index (χ1) is 11.3. The minimum atomic E-state index is -0.152. The summed E-state index contributed by atoms with van der Waals surface area (Å²) in [4.78, 5) is 11.3. The van der Waals surface area contributed by atoms with Crippen LogP contribution in [0, 0.1) is 11.3 Å². The van der Waals surface area contributed by atoms with Gasteiger partial charge in [0.1, 0.15) is 0 Å². The number of esters is 1. The molecule has 3 rings (SSSR count). The number of hydrogen-bond donors (Lipinski definition) is 0. The predicted molar refractivity (Wildman–Crippen MR) is 98.3 cm³/mol. The maximum atomic E-state index is 11.3. The Balaban J connectivity index is 1.95. The molecule has 0 bridgehead atoms. The van der Waals surface area contributed by atoms with Crippen LogP contribution in [-0.2, 0) is 21.4 Å². The van der Waals surface area contributed by atoms with E-state index in [9.17, 15) is 4.79 Å². The quantitative estimate of drug-likeness (QED) is 0.696. The van der Waals surface area contributed by atoms with Gasteiger partial charge in [0.25, 0.3) is 0 Å². The second kappa shape index (κ2) is 6.20. The molecule has 3 atom stereocenters. The van der Waals surface area contributed by atoms with E-state index >= 15 is 0 Å². The molecule has 2 heteroatoms. The Morgan fingerprint density at radius 2 is 2.04 bits per heavy atom. The van der Waals surface area contributed by atoms with Gasteiger partial charge in [-0.3, -0.25) is 4.79 Å². The number of hydrogen-bond acceptors (Lipinski definition) is 2. The van der Waals surface area contributed by atoms with Crippen LogP contribution in [0.4, 0.5) is 0 Å². The smallest absolute Gasteiger partial charge is 0.302 e. The molecule has 0 aliphatic heterocycles. The third-order valence-corrected chi connectivity index (χ3v) is 6.77. The maximum absolute atomic E-state index is 11.3. The van der Waals surface area contributed by atoms with Crippen molar-refractivity contribution >= 4 is 5.97 Å². The van der Waals surface area contributed by atoms with Crippen molar-refractivity contribution in [1.29, 1.82) is 0 Å². The highest BCUT2D eigenvalue weighted by atomic mass is 16.5. The molecule has 0 saturated heterocycles. The molecule has 0 radical (unpaired) electrons. The van der Waals surface area contributed by atoms with Crippen LogP contribution < -0.4 is 0 Å². The molecule has 0 unspecified atom stereocenters. The first-order valence-electron chi connectivity index (χ1n) is 9.53. The molecule has 1 aromatic rings. The van der Waals surface area contributed by atoms with Gasteiger partial charge in [-0.05, 0) is 59.6 Å². The zero-order chi connectivity index (χ0) is 17.5. The molecule has 2 aliphatic rings. The van der Waals surface area contributed by atoms with Crippen LogP contribution in [0.2, 0.25) is 0 Å². The standard InChI is InChI=1S/C22H32O2/c1-15(2)17-7-9-19-18(13-17)8-10-20-21(4,14-24-16(3)23)11-6-12-22(19,20)5/h7,9,13,15,20H,6,8,10-12,14H2,1-5H3/t20-,21-,22+/m0/s1. The zero-order valence-corrected chi connectivity index (χ0v) is 15.9. The molecular formula is C22H32O2. The van der Waals surface area contributed by atoms with E-state index in [1.165, 1.54) is 38.2 Å². The lowest BCUT2D eigenvalue weighted by Crippen LogP contribution is -2.51. The van der Waals surface area contributed by atoms with E-state index in [1.807, 2.05) is 0 Å². The summed E-state index contributed by atoms with van der Waals surface area (Å²) in [6.07, 6.45) is 6.01. The van der Waals surface area contributed by atoms with E-state index in [2.05, 4.69) is 45.9 Å². The third kappa shape index (κ3) is 2.89. The SMILES string of the molecule is CC(=O)OC[C@]1(C)CCC[C@]2(C)c3ccc(C(C)C)cc3CC[C@@H]12. The molecule has 0 amide bonds. The van der Waals surface area contributed by atoms with Gasteiger partial charge >= 0.3 is 5.97 Å². The topological polar surface area (TPSA) is 26.3 Å². The molecule has 2 aliphatic carbocycles. The molecule has 0 N–H and O–H groups in total. The summed E-state index contributed by atoms with van der Waals surface area (Å²) in [5.41, 5.74) is 4.88. The zero-order valence-electron chi connectivity index (χ0n) is 15.9. The summed E-state index contributed by atoms with van der Waals surface area (Å²) in [6, 6.07) is 7.17. The van der Waals surface area contributed by atoms with Crippen LogP contribution in [0.3, 0.4) is 0 Å². The van der Waals surface area contributed by atoms with Crippen molar-refractivity contribution in [1.82, 2.24) is 0 Å².